The Bertz CT molecular complexity index is 564. The predicted octanol–water partition coefficient (Wildman–Crippen LogP) is 4.16. The van der Waals surface area contributed by atoms with Crippen molar-refractivity contribution >= 4 is 0 Å². The van der Waals surface area contributed by atoms with E-state index in [1.54, 1.807) is 31.2 Å². The zero-order chi connectivity index (χ0) is 13.1. The van der Waals surface area contributed by atoms with Gasteiger partial charge in [-0.25, -0.2) is 8.78 Å². The molecule has 2 rings (SSSR count). The molecule has 0 saturated heterocycles. The number of hydrogen-bond donors (Lipinski definition) is 0. The summed E-state index contributed by atoms with van der Waals surface area (Å²) >= 11 is 0. The molecule has 0 aliphatic heterocycles. The summed E-state index contributed by atoms with van der Waals surface area (Å²) in [5.41, 5.74) is 2.21. The van der Waals surface area contributed by atoms with Gasteiger partial charge in [-0.15, -0.1) is 0 Å². The third-order valence-electron chi connectivity index (χ3n) is 2.70. The van der Waals surface area contributed by atoms with Crippen molar-refractivity contribution in [1.82, 2.24) is 0 Å². The van der Waals surface area contributed by atoms with Crippen LogP contribution in [-0.2, 0) is 6.61 Å². The lowest BCUT2D eigenvalue weighted by Crippen LogP contribution is -1.98. The van der Waals surface area contributed by atoms with E-state index in [9.17, 15) is 8.78 Å². The van der Waals surface area contributed by atoms with Crippen molar-refractivity contribution in [2.24, 2.45) is 0 Å². The van der Waals surface area contributed by atoms with Crippen LogP contribution in [0.5, 0.6) is 5.75 Å². The fraction of sp³-hybridized carbons (Fsp3) is 0.200. The lowest BCUT2D eigenvalue weighted by molar-refractivity contribution is 0.290. The molecule has 3 heteroatoms. The first-order valence-corrected chi connectivity index (χ1v) is 5.70. The first-order chi connectivity index (χ1) is 8.56. The highest BCUT2D eigenvalue weighted by molar-refractivity contribution is 5.29. The SMILES string of the molecule is Cc1ccc(OCc2ccc(F)c(C)c2)c(F)c1. The normalized spacial score (nSPS) is 10.4. The van der Waals surface area contributed by atoms with Crippen LogP contribution in [-0.4, -0.2) is 0 Å². The van der Waals surface area contributed by atoms with Gasteiger partial charge in [0.05, 0.1) is 0 Å². The zero-order valence-electron chi connectivity index (χ0n) is 10.3. The predicted molar refractivity (Wildman–Crippen MR) is 66.6 cm³/mol. The van der Waals surface area contributed by atoms with Crippen LogP contribution in [0.4, 0.5) is 8.78 Å². The van der Waals surface area contributed by atoms with E-state index in [4.69, 9.17) is 4.74 Å². The number of aryl methyl sites for hydroxylation is 2. The van der Waals surface area contributed by atoms with E-state index in [1.165, 1.54) is 12.1 Å². The molecule has 1 nitrogen and oxygen atoms in total. The standard InChI is InChI=1S/C15H14F2O/c1-10-3-6-15(14(17)7-10)18-9-12-4-5-13(16)11(2)8-12/h3-8H,9H2,1-2H3. The van der Waals surface area contributed by atoms with Crippen LogP contribution < -0.4 is 4.74 Å². The second kappa shape index (κ2) is 5.17. The van der Waals surface area contributed by atoms with Crippen LogP contribution in [0.15, 0.2) is 36.4 Å². The number of halogens is 2. The van der Waals surface area contributed by atoms with Crippen molar-refractivity contribution in [3.63, 3.8) is 0 Å². The molecule has 18 heavy (non-hydrogen) atoms. The van der Waals surface area contributed by atoms with Gasteiger partial charge >= 0.3 is 0 Å². The summed E-state index contributed by atoms with van der Waals surface area (Å²) in [6, 6.07) is 9.52. The minimum absolute atomic E-state index is 0.211. The fourth-order valence-electron chi connectivity index (χ4n) is 1.68. The maximum absolute atomic E-state index is 13.5. The molecule has 2 aromatic rings. The highest BCUT2D eigenvalue weighted by Gasteiger charge is 2.04. The van der Waals surface area contributed by atoms with E-state index in [2.05, 4.69) is 0 Å². The monoisotopic (exact) mass is 248 g/mol. The van der Waals surface area contributed by atoms with Gasteiger partial charge in [0.2, 0.25) is 0 Å². The Morgan fingerprint density at radius 1 is 0.944 bits per heavy atom. The molecule has 0 amide bonds. The van der Waals surface area contributed by atoms with Crippen LogP contribution in [0.2, 0.25) is 0 Å². The number of hydrogen-bond acceptors (Lipinski definition) is 1. The van der Waals surface area contributed by atoms with Gasteiger partial charge in [-0.3, -0.25) is 0 Å². The molecule has 0 saturated carbocycles. The van der Waals surface area contributed by atoms with E-state index in [0.29, 0.717) is 5.56 Å². The molecule has 0 unspecified atom stereocenters. The lowest BCUT2D eigenvalue weighted by atomic mass is 10.1. The number of rotatable bonds is 3. The molecule has 0 heterocycles. The van der Waals surface area contributed by atoms with Gasteiger partial charge in [0, 0.05) is 0 Å². The maximum Gasteiger partial charge on any atom is 0.165 e. The van der Waals surface area contributed by atoms with Crippen molar-refractivity contribution < 1.29 is 13.5 Å². The molecule has 0 radical (unpaired) electrons. The highest BCUT2D eigenvalue weighted by atomic mass is 19.1. The van der Waals surface area contributed by atoms with Crippen molar-refractivity contribution in [3.05, 3.63) is 64.7 Å². The topological polar surface area (TPSA) is 9.23 Å². The molecular weight excluding hydrogens is 234 g/mol. The van der Waals surface area contributed by atoms with Crippen molar-refractivity contribution in [3.8, 4) is 5.75 Å². The van der Waals surface area contributed by atoms with E-state index in [-0.39, 0.29) is 24.0 Å². The summed E-state index contributed by atoms with van der Waals surface area (Å²) in [7, 11) is 0. The van der Waals surface area contributed by atoms with E-state index < -0.39 is 0 Å². The van der Waals surface area contributed by atoms with Gasteiger partial charge in [0.15, 0.2) is 11.6 Å². The smallest absolute Gasteiger partial charge is 0.165 e. The first-order valence-electron chi connectivity index (χ1n) is 5.70. The van der Waals surface area contributed by atoms with Gasteiger partial charge in [0.1, 0.15) is 12.4 Å². The van der Waals surface area contributed by atoms with Crippen molar-refractivity contribution in [2.45, 2.75) is 20.5 Å². The van der Waals surface area contributed by atoms with Gasteiger partial charge < -0.3 is 4.74 Å². The summed E-state index contributed by atoms with van der Waals surface area (Å²) in [6.45, 7) is 3.72. The molecule has 0 bridgehead atoms. The van der Waals surface area contributed by atoms with Gasteiger partial charge in [-0.2, -0.15) is 0 Å². The summed E-state index contributed by atoms with van der Waals surface area (Å²) < 4.78 is 32.0. The minimum Gasteiger partial charge on any atom is -0.486 e. The third-order valence-corrected chi connectivity index (χ3v) is 2.70. The lowest BCUT2D eigenvalue weighted by Gasteiger charge is -2.08. The first kappa shape index (κ1) is 12.6. The second-order valence-electron chi connectivity index (χ2n) is 4.31. The molecule has 94 valence electrons. The molecule has 2 aromatic carbocycles. The Labute approximate surface area is 105 Å². The van der Waals surface area contributed by atoms with Crippen LogP contribution >= 0.6 is 0 Å². The molecule has 0 spiro atoms. The Balaban J connectivity index is 2.09. The molecule has 0 fully saturated rings. The van der Waals surface area contributed by atoms with E-state index in [0.717, 1.165) is 11.1 Å². The summed E-state index contributed by atoms with van der Waals surface area (Å²) in [6.07, 6.45) is 0. The summed E-state index contributed by atoms with van der Waals surface area (Å²) in [4.78, 5) is 0. The summed E-state index contributed by atoms with van der Waals surface area (Å²) in [5, 5.41) is 0. The quantitative estimate of drug-likeness (QED) is 0.792. The van der Waals surface area contributed by atoms with Crippen LogP contribution in [0.3, 0.4) is 0 Å². The molecule has 0 aliphatic carbocycles. The molecular formula is C15H14F2O. The Morgan fingerprint density at radius 2 is 1.72 bits per heavy atom. The molecule has 0 aromatic heterocycles. The van der Waals surface area contributed by atoms with E-state index >= 15 is 0 Å². The average molecular weight is 248 g/mol. The Hall–Kier alpha value is -1.90. The van der Waals surface area contributed by atoms with Gasteiger partial charge in [0.25, 0.3) is 0 Å². The Morgan fingerprint density at radius 3 is 2.39 bits per heavy atom. The van der Waals surface area contributed by atoms with Gasteiger partial charge in [-0.1, -0.05) is 12.1 Å². The fourth-order valence-corrected chi connectivity index (χ4v) is 1.68. The van der Waals surface area contributed by atoms with Crippen LogP contribution in [0.1, 0.15) is 16.7 Å². The largest absolute Gasteiger partial charge is 0.486 e. The minimum atomic E-state index is -0.381. The maximum atomic E-state index is 13.5. The second-order valence-corrected chi connectivity index (χ2v) is 4.31. The van der Waals surface area contributed by atoms with Crippen LogP contribution in [0, 0.1) is 25.5 Å². The number of ether oxygens (including phenoxy) is 1. The van der Waals surface area contributed by atoms with Crippen molar-refractivity contribution in [2.75, 3.05) is 0 Å². The zero-order valence-corrected chi connectivity index (χ0v) is 10.3. The molecule has 0 atom stereocenters. The van der Waals surface area contributed by atoms with Gasteiger partial charge in [-0.05, 0) is 54.8 Å². The third kappa shape index (κ3) is 2.86. The molecule has 0 N–H and O–H groups in total. The average Bonchev–Trinajstić information content (AvgIpc) is 2.32. The molecule has 0 aliphatic rings. The van der Waals surface area contributed by atoms with Crippen molar-refractivity contribution in [1.29, 1.82) is 0 Å². The van der Waals surface area contributed by atoms with E-state index in [1.807, 2.05) is 6.92 Å². The summed E-state index contributed by atoms with van der Waals surface area (Å²) in [5.74, 6) is -0.420. The Kier molecular flexibility index (Phi) is 3.60. The number of benzene rings is 2. The highest BCUT2D eigenvalue weighted by Crippen LogP contribution is 2.19. The van der Waals surface area contributed by atoms with Crippen LogP contribution in [0.25, 0.3) is 0 Å².